The van der Waals surface area contributed by atoms with Crippen LogP contribution in [0.5, 0.6) is 0 Å². The van der Waals surface area contributed by atoms with Crippen LogP contribution >= 0.6 is 0 Å². The summed E-state index contributed by atoms with van der Waals surface area (Å²) in [5.74, 6) is -0.322. The molecule has 0 amide bonds. The van der Waals surface area contributed by atoms with Crippen molar-refractivity contribution >= 4 is 6.08 Å². The molecule has 0 unspecified atom stereocenters. The van der Waals surface area contributed by atoms with Gasteiger partial charge in [0.05, 0.1) is 5.69 Å². The van der Waals surface area contributed by atoms with E-state index < -0.39 is 0 Å². The quantitative estimate of drug-likeness (QED) is 0.691. The number of hydrogen-bond donors (Lipinski definition) is 1. The predicted octanol–water partition coefficient (Wildman–Crippen LogP) is 1.19. The van der Waals surface area contributed by atoms with Gasteiger partial charge in [0.1, 0.15) is 5.82 Å². The Bertz CT molecular complexity index is 258. The van der Waals surface area contributed by atoms with Gasteiger partial charge >= 0.3 is 0 Å². The van der Waals surface area contributed by atoms with Gasteiger partial charge in [0.2, 0.25) is 0 Å². The monoisotopic (exact) mass is 152 g/mol. The Kier molecular flexibility index (Phi) is 2.74. The van der Waals surface area contributed by atoms with Gasteiger partial charge in [-0.1, -0.05) is 6.08 Å². The molecular weight excluding hydrogens is 143 g/mol. The molecule has 0 aliphatic carbocycles. The molecule has 1 aromatic heterocycles. The highest BCUT2D eigenvalue weighted by molar-refractivity contribution is 5.44. The van der Waals surface area contributed by atoms with Crippen LogP contribution in [-0.2, 0) is 0 Å². The van der Waals surface area contributed by atoms with E-state index >= 15 is 0 Å². The SMILES string of the molecule is NC/C=C/c1ncccc1F. The van der Waals surface area contributed by atoms with E-state index in [-0.39, 0.29) is 5.82 Å². The normalized spacial score (nSPS) is 10.7. The smallest absolute Gasteiger partial charge is 0.148 e. The van der Waals surface area contributed by atoms with Gasteiger partial charge in [-0.15, -0.1) is 0 Å². The van der Waals surface area contributed by atoms with E-state index in [1.165, 1.54) is 6.07 Å². The molecule has 0 atom stereocenters. The number of aromatic nitrogens is 1. The van der Waals surface area contributed by atoms with Crippen molar-refractivity contribution in [2.24, 2.45) is 5.73 Å². The minimum Gasteiger partial charge on any atom is -0.327 e. The molecule has 0 spiro atoms. The summed E-state index contributed by atoms with van der Waals surface area (Å²) in [6.07, 6.45) is 4.76. The Morgan fingerprint density at radius 2 is 2.45 bits per heavy atom. The molecule has 11 heavy (non-hydrogen) atoms. The van der Waals surface area contributed by atoms with E-state index in [0.29, 0.717) is 12.2 Å². The molecule has 1 heterocycles. The van der Waals surface area contributed by atoms with Crippen molar-refractivity contribution in [1.82, 2.24) is 4.98 Å². The predicted molar refractivity (Wildman–Crippen MR) is 42.3 cm³/mol. The first-order valence-corrected chi connectivity index (χ1v) is 3.31. The second-order valence-electron chi connectivity index (χ2n) is 2.01. The van der Waals surface area contributed by atoms with Gasteiger partial charge < -0.3 is 5.73 Å². The van der Waals surface area contributed by atoms with E-state index in [2.05, 4.69) is 4.98 Å². The van der Waals surface area contributed by atoms with Gasteiger partial charge in [0.25, 0.3) is 0 Å². The number of halogens is 1. The molecule has 58 valence electrons. The lowest BCUT2D eigenvalue weighted by Crippen LogP contribution is -1.93. The van der Waals surface area contributed by atoms with Crippen molar-refractivity contribution < 1.29 is 4.39 Å². The fourth-order valence-corrected chi connectivity index (χ4v) is 0.700. The molecule has 1 aromatic rings. The zero-order valence-electron chi connectivity index (χ0n) is 6.00. The Labute approximate surface area is 64.6 Å². The van der Waals surface area contributed by atoms with Crippen LogP contribution in [-0.4, -0.2) is 11.5 Å². The van der Waals surface area contributed by atoms with Gasteiger partial charge in [0.15, 0.2) is 0 Å². The molecule has 0 saturated carbocycles. The Hall–Kier alpha value is -1.22. The summed E-state index contributed by atoms with van der Waals surface area (Å²) in [5, 5.41) is 0. The van der Waals surface area contributed by atoms with E-state index in [9.17, 15) is 4.39 Å². The molecule has 2 nitrogen and oxygen atoms in total. The summed E-state index contributed by atoms with van der Waals surface area (Å²) in [4.78, 5) is 3.80. The van der Waals surface area contributed by atoms with Crippen LogP contribution in [0, 0.1) is 5.82 Å². The van der Waals surface area contributed by atoms with Crippen LogP contribution in [0.1, 0.15) is 5.69 Å². The van der Waals surface area contributed by atoms with E-state index in [1.807, 2.05) is 0 Å². The van der Waals surface area contributed by atoms with Crippen LogP contribution in [0.2, 0.25) is 0 Å². The fourth-order valence-electron chi connectivity index (χ4n) is 0.700. The Balaban J connectivity index is 2.86. The zero-order chi connectivity index (χ0) is 8.10. The van der Waals surface area contributed by atoms with E-state index in [1.54, 1.807) is 24.4 Å². The number of nitrogens with zero attached hydrogens (tertiary/aromatic N) is 1. The maximum Gasteiger partial charge on any atom is 0.148 e. The third-order valence-electron chi connectivity index (χ3n) is 1.20. The standard InChI is InChI=1S/C8H9FN2/c9-7-3-2-6-11-8(7)4-1-5-10/h1-4,6H,5,10H2/b4-1+. The van der Waals surface area contributed by atoms with E-state index in [4.69, 9.17) is 5.73 Å². The van der Waals surface area contributed by atoms with Gasteiger partial charge in [0, 0.05) is 12.7 Å². The first kappa shape index (κ1) is 7.88. The largest absolute Gasteiger partial charge is 0.327 e. The maximum absolute atomic E-state index is 12.8. The molecule has 2 N–H and O–H groups in total. The zero-order valence-corrected chi connectivity index (χ0v) is 6.00. The van der Waals surface area contributed by atoms with Crippen LogP contribution in [0.4, 0.5) is 4.39 Å². The average molecular weight is 152 g/mol. The molecule has 0 aliphatic rings. The Morgan fingerprint density at radius 3 is 3.09 bits per heavy atom. The molecule has 0 fully saturated rings. The summed E-state index contributed by atoms with van der Waals surface area (Å²) < 4.78 is 12.8. The topological polar surface area (TPSA) is 38.9 Å². The summed E-state index contributed by atoms with van der Waals surface area (Å²) >= 11 is 0. The molecule has 3 heteroatoms. The first-order chi connectivity index (χ1) is 5.34. The molecule has 0 aromatic carbocycles. The molecular formula is C8H9FN2. The molecule has 0 bridgehead atoms. The number of pyridine rings is 1. The van der Waals surface area contributed by atoms with Crippen LogP contribution in [0.15, 0.2) is 24.4 Å². The highest BCUT2D eigenvalue weighted by Gasteiger charge is 1.94. The average Bonchev–Trinajstić information content (AvgIpc) is 2.03. The van der Waals surface area contributed by atoms with Gasteiger partial charge in [-0.25, -0.2) is 4.39 Å². The minimum atomic E-state index is -0.322. The van der Waals surface area contributed by atoms with Crippen molar-refractivity contribution in [3.05, 3.63) is 35.9 Å². The van der Waals surface area contributed by atoms with E-state index in [0.717, 1.165) is 0 Å². The number of hydrogen-bond acceptors (Lipinski definition) is 2. The summed E-state index contributed by atoms with van der Waals surface area (Å²) in [5.41, 5.74) is 5.52. The van der Waals surface area contributed by atoms with Gasteiger partial charge in [-0.3, -0.25) is 4.98 Å². The van der Waals surface area contributed by atoms with Crippen LogP contribution in [0.3, 0.4) is 0 Å². The molecule has 0 radical (unpaired) electrons. The molecule has 1 rings (SSSR count). The van der Waals surface area contributed by atoms with Crippen molar-refractivity contribution in [1.29, 1.82) is 0 Å². The second kappa shape index (κ2) is 3.83. The second-order valence-corrected chi connectivity index (χ2v) is 2.01. The molecule has 0 aliphatic heterocycles. The van der Waals surface area contributed by atoms with Crippen molar-refractivity contribution in [2.45, 2.75) is 0 Å². The highest BCUT2D eigenvalue weighted by Crippen LogP contribution is 2.03. The lowest BCUT2D eigenvalue weighted by Gasteiger charge is -1.92. The third kappa shape index (κ3) is 2.13. The van der Waals surface area contributed by atoms with Gasteiger partial charge in [-0.2, -0.15) is 0 Å². The first-order valence-electron chi connectivity index (χ1n) is 3.31. The van der Waals surface area contributed by atoms with Gasteiger partial charge in [-0.05, 0) is 18.2 Å². The number of nitrogens with two attached hydrogens (primary N) is 1. The minimum absolute atomic E-state index is 0.322. The van der Waals surface area contributed by atoms with Crippen molar-refractivity contribution in [3.63, 3.8) is 0 Å². The van der Waals surface area contributed by atoms with Crippen molar-refractivity contribution in [2.75, 3.05) is 6.54 Å². The lowest BCUT2D eigenvalue weighted by atomic mass is 10.3. The summed E-state index contributed by atoms with van der Waals surface area (Å²) in [7, 11) is 0. The maximum atomic E-state index is 12.8. The summed E-state index contributed by atoms with van der Waals surface area (Å²) in [6, 6.07) is 2.91. The third-order valence-corrected chi connectivity index (χ3v) is 1.20. The Morgan fingerprint density at radius 1 is 1.64 bits per heavy atom. The molecule has 0 saturated heterocycles. The summed E-state index contributed by atoms with van der Waals surface area (Å²) in [6.45, 7) is 0.399. The van der Waals surface area contributed by atoms with Crippen LogP contribution in [0.25, 0.3) is 6.08 Å². The highest BCUT2D eigenvalue weighted by atomic mass is 19.1. The lowest BCUT2D eigenvalue weighted by molar-refractivity contribution is 0.618. The van der Waals surface area contributed by atoms with Crippen molar-refractivity contribution in [3.8, 4) is 0 Å². The number of rotatable bonds is 2. The fraction of sp³-hybridized carbons (Fsp3) is 0.125. The van der Waals surface area contributed by atoms with Crippen LogP contribution < -0.4 is 5.73 Å².